The van der Waals surface area contributed by atoms with E-state index in [4.69, 9.17) is 6.57 Å². The molecule has 0 atom stereocenters. The Balaban J connectivity index is 2.06. The van der Waals surface area contributed by atoms with E-state index < -0.39 is 5.54 Å². The summed E-state index contributed by atoms with van der Waals surface area (Å²) in [6.45, 7) is 16.2. The number of fused-ring (bicyclic) bond motifs is 5. The van der Waals surface area contributed by atoms with Gasteiger partial charge in [0.2, 0.25) is 5.52 Å². The molecule has 0 amide bonds. The van der Waals surface area contributed by atoms with E-state index in [9.17, 15) is 0 Å². The van der Waals surface area contributed by atoms with Gasteiger partial charge in [0.25, 0.3) is 5.54 Å². The van der Waals surface area contributed by atoms with Gasteiger partial charge in [-0.2, -0.15) is 0 Å². The highest BCUT2D eigenvalue weighted by Gasteiger charge is 2.30. The number of benzene rings is 3. The maximum Gasteiger partial charge on any atom is 0.252 e. The van der Waals surface area contributed by atoms with Crippen LogP contribution in [0.25, 0.3) is 53.8 Å². The highest BCUT2D eigenvalue weighted by atomic mass is 15.0. The SMILES string of the molecule is [C-]#[N+]C(C)(C)c1cc2cc[n+](C)c3c4c(C)ccc5c6c(C)cccc6n(c(c1)c23)c54. The van der Waals surface area contributed by atoms with Crippen molar-refractivity contribution in [1.82, 2.24) is 4.40 Å². The van der Waals surface area contributed by atoms with E-state index in [-0.39, 0.29) is 0 Å². The lowest BCUT2D eigenvalue weighted by atomic mass is 9.91. The molecule has 0 aliphatic carbocycles. The van der Waals surface area contributed by atoms with Crippen molar-refractivity contribution >= 4 is 49.0 Å². The van der Waals surface area contributed by atoms with Gasteiger partial charge in [-0.1, -0.05) is 24.3 Å². The van der Waals surface area contributed by atoms with Gasteiger partial charge >= 0.3 is 0 Å². The molecule has 0 aliphatic heterocycles. The van der Waals surface area contributed by atoms with E-state index in [1.165, 1.54) is 60.1 Å². The van der Waals surface area contributed by atoms with E-state index in [0.29, 0.717) is 0 Å². The summed E-state index contributed by atoms with van der Waals surface area (Å²) >= 11 is 0. The van der Waals surface area contributed by atoms with Crippen LogP contribution in [0.1, 0.15) is 30.5 Å². The minimum absolute atomic E-state index is 0.576. The Kier molecular flexibility index (Phi) is 3.36. The number of pyridine rings is 2. The lowest BCUT2D eigenvalue weighted by Crippen LogP contribution is -2.29. The number of hydrogen-bond acceptors (Lipinski definition) is 0. The Labute approximate surface area is 181 Å². The molecule has 0 bridgehead atoms. The van der Waals surface area contributed by atoms with Crippen LogP contribution in [-0.2, 0) is 12.6 Å². The maximum atomic E-state index is 7.77. The zero-order valence-corrected chi connectivity index (χ0v) is 18.5. The largest absolute Gasteiger partial charge is 0.307 e. The molecule has 6 aromatic rings. The average molecular weight is 403 g/mol. The van der Waals surface area contributed by atoms with Crippen LogP contribution >= 0.6 is 0 Å². The van der Waals surface area contributed by atoms with Crippen LogP contribution < -0.4 is 4.57 Å². The summed E-state index contributed by atoms with van der Waals surface area (Å²) in [7, 11) is 2.14. The minimum atomic E-state index is -0.576. The maximum absolute atomic E-state index is 7.77. The first-order valence-corrected chi connectivity index (χ1v) is 10.7. The molecule has 3 aromatic carbocycles. The molecular formula is C28H24N3+. The van der Waals surface area contributed by atoms with E-state index in [0.717, 1.165) is 5.56 Å². The fraction of sp³-hybridized carbons (Fsp3) is 0.214. The molecule has 6 rings (SSSR count). The van der Waals surface area contributed by atoms with Crippen molar-refractivity contribution in [2.24, 2.45) is 7.05 Å². The predicted molar refractivity (Wildman–Crippen MR) is 129 cm³/mol. The van der Waals surface area contributed by atoms with Gasteiger partial charge in [-0.05, 0) is 48.6 Å². The van der Waals surface area contributed by atoms with Crippen molar-refractivity contribution < 1.29 is 4.57 Å². The second-order valence-corrected chi connectivity index (χ2v) is 9.36. The molecule has 3 heteroatoms. The van der Waals surface area contributed by atoms with Gasteiger partial charge in [0.15, 0.2) is 6.20 Å². The molecule has 0 fully saturated rings. The summed E-state index contributed by atoms with van der Waals surface area (Å²) in [6, 6.07) is 17.7. The lowest BCUT2D eigenvalue weighted by molar-refractivity contribution is -0.643. The predicted octanol–water partition coefficient (Wildman–Crippen LogP) is 6.59. The van der Waals surface area contributed by atoms with Crippen LogP contribution in [0.15, 0.2) is 54.7 Å². The molecule has 31 heavy (non-hydrogen) atoms. The minimum Gasteiger partial charge on any atom is -0.307 e. The molecule has 0 aliphatic rings. The first-order chi connectivity index (χ1) is 14.8. The monoisotopic (exact) mass is 402 g/mol. The Morgan fingerprint density at radius 1 is 0.903 bits per heavy atom. The second-order valence-electron chi connectivity index (χ2n) is 9.36. The standard InChI is InChI=1S/C28H24N3/c1-16-8-7-9-21-23(16)20-11-10-17(2)24-26(20)31(21)22-15-19(28(3,4)29-5)14-18-12-13-30(6)27(24)25(18)22/h7-15H,1-4,6H3/q+1. The lowest BCUT2D eigenvalue weighted by Gasteiger charge is -2.17. The van der Waals surface area contributed by atoms with Gasteiger partial charge < -0.3 is 9.25 Å². The number of nitrogens with zero attached hydrogens (tertiary/aromatic N) is 3. The quantitative estimate of drug-likeness (QED) is 0.127. The van der Waals surface area contributed by atoms with Gasteiger partial charge in [0, 0.05) is 36.2 Å². The van der Waals surface area contributed by atoms with Crippen molar-refractivity contribution in [2.75, 3.05) is 0 Å². The van der Waals surface area contributed by atoms with Gasteiger partial charge in [-0.15, -0.1) is 0 Å². The van der Waals surface area contributed by atoms with Gasteiger partial charge in [0.05, 0.1) is 27.3 Å². The fourth-order valence-electron chi connectivity index (χ4n) is 5.36. The van der Waals surface area contributed by atoms with Crippen LogP contribution in [0.4, 0.5) is 0 Å². The number of hydrogen-bond donors (Lipinski definition) is 0. The average Bonchev–Trinajstić information content (AvgIpc) is 3.10. The molecule has 150 valence electrons. The van der Waals surface area contributed by atoms with Gasteiger partial charge in [-0.25, -0.2) is 11.1 Å². The van der Waals surface area contributed by atoms with Gasteiger partial charge in [0.1, 0.15) is 7.05 Å². The van der Waals surface area contributed by atoms with Crippen molar-refractivity contribution in [3.63, 3.8) is 0 Å². The van der Waals surface area contributed by atoms with Crippen LogP contribution in [0.5, 0.6) is 0 Å². The summed E-state index contributed by atoms with van der Waals surface area (Å²) in [6.07, 6.45) is 2.15. The molecule has 0 saturated heterocycles. The highest BCUT2D eigenvalue weighted by molar-refractivity contribution is 6.26. The Hall–Kier alpha value is -3.64. The van der Waals surface area contributed by atoms with Crippen molar-refractivity contribution in [2.45, 2.75) is 33.2 Å². The number of aryl methyl sites for hydroxylation is 3. The zero-order chi connectivity index (χ0) is 21.7. The van der Waals surface area contributed by atoms with Crippen molar-refractivity contribution in [3.8, 4) is 0 Å². The zero-order valence-electron chi connectivity index (χ0n) is 18.5. The first-order valence-electron chi connectivity index (χ1n) is 10.7. The van der Waals surface area contributed by atoms with Crippen molar-refractivity contribution in [3.05, 3.63) is 82.8 Å². The molecule has 0 radical (unpaired) electrons. The molecule has 0 unspecified atom stereocenters. The Morgan fingerprint density at radius 3 is 2.45 bits per heavy atom. The van der Waals surface area contributed by atoms with Crippen molar-refractivity contribution in [1.29, 1.82) is 0 Å². The number of rotatable bonds is 1. The summed E-state index contributed by atoms with van der Waals surface area (Å²) in [5.41, 5.74) is 8.01. The summed E-state index contributed by atoms with van der Waals surface area (Å²) in [4.78, 5) is 3.94. The Bertz CT molecular complexity index is 1740. The van der Waals surface area contributed by atoms with E-state index in [1.807, 2.05) is 13.8 Å². The van der Waals surface area contributed by atoms with Crippen LogP contribution in [-0.4, -0.2) is 4.40 Å². The van der Waals surface area contributed by atoms with Crippen LogP contribution in [0, 0.1) is 20.4 Å². The van der Waals surface area contributed by atoms with Crippen LogP contribution in [0.2, 0.25) is 0 Å². The molecular weight excluding hydrogens is 378 g/mol. The van der Waals surface area contributed by atoms with E-state index in [2.05, 4.69) is 89.4 Å². The normalized spacial score (nSPS) is 12.6. The van der Waals surface area contributed by atoms with Crippen LogP contribution in [0.3, 0.4) is 0 Å². The first kappa shape index (κ1) is 18.2. The highest BCUT2D eigenvalue weighted by Crippen LogP contribution is 2.42. The van der Waals surface area contributed by atoms with E-state index in [1.54, 1.807) is 0 Å². The number of aromatic nitrogens is 2. The molecule has 0 saturated carbocycles. The molecule has 3 nitrogen and oxygen atoms in total. The summed E-state index contributed by atoms with van der Waals surface area (Å²) in [5, 5.41) is 6.37. The molecule has 3 aromatic heterocycles. The van der Waals surface area contributed by atoms with E-state index >= 15 is 0 Å². The third kappa shape index (κ3) is 2.15. The third-order valence-electron chi connectivity index (χ3n) is 7.05. The topological polar surface area (TPSA) is 12.7 Å². The third-order valence-corrected chi connectivity index (χ3v) is 7.05. The second kappa shape index (κ2) is 5.74. The smallest absolute Gasteiger partial charge is 0.252 e. The summed E-state index contributed by atoms with van der Waals surface area (Å²) in [5.74, 6) is 0. The summed E-state index contributed by atoms with van der Waals surface area (Å²) < 4.78 is 4.69. The molecule has 0 spiro atoms. The molecule has 0 N–H and O–H groups in total. The fourth-order valence-corrected chi connectivity index (χ4v) is 5.36. The Morgan fingerprint density at radius 2 is 1.68 bits per heavy atom. The van der Waals surface area contributed by atoms with Gasteiger partial charge in [-0.3, -0.25) is 0 Å². The molecule has 3 heterocycles.